The van der Waals surface area contributed by atoms with Crippen LogP contribution in [0.3, 0.4) is 0 Å². The molecule has 2 saturated heterocycles. The van der Waals surface area contributed by atoms with Crippen LogP contribution in [0.15, 0.2) is 42.7 Å². The van der Waals surface area contributed by atoms with Crippen molar-refractivity contribution in [3.05, 3.63) is 53.9 Å². The molecule has 0 spiro atoms. The van der Waals surface area contributed by atoms with Crippen molar-refractivity contribution in [2.45, 2.75) is 64.7 Å². The number of benzene rings is 1. The Bertz CT molecular complexity index is 1030. The number of carbonyl (C=O) groups is 1. The second-order valence-corrected chi connectivity index (χ2v) is 10.6. The Morgan fingerprint density at radius 3 is 2.30 bits per heavy atom. The van der Waals surface area contributed by atoms with Crippen LogP contribution in [0.25, 0.3) is 5.57 Å². The van der Waals surface area contributed by atoms with Gasteiger partial charge in [-0.3, -0.25) is 4.79 Å². The van der Waals surface area contributed by atoms with E-state index in [0.717, 1.165) is 95.9 Å². The summed E-state index contributed by atoms with van der Waals surface area (Å²) in [6.07, 6.45) is 15.7. The van der Waals surface area contributed by atoms with Gasteiger partial charge in [-0.05, 0) is 92.5 Å². The summed E-state index contributed by atoms with van der Waals surface area (Å²) in [5, 5.41) is 0. The lowest BCUT2D eigenvalue weighted by atomic mass is 9.85. The number of likely N-dealkylation sites (tertiary alicyclic amines) is 1. The van der Waals surface area contributed by atoms with E-state index >= 15 is 0 Å². The van der Waals surface area contributed by atoms with E-state index in [0.29, 0.717) is 11.8 Å². The molecule has 1 amide bonds. The first-order chi connectivity index (χ1) is 17.7. The fourth-order valence-electron chi connectivity index (χ4n) is 5.67. The zero-order valence-electron chi connectivity index (χ0n) is 22.1. The van der Waals surface area contributed by atoms with Crippen LogP contribution in [0.1, 0.15) is 69.4 Å². The standard InChI is InChI=1S/C30H40N4O2.ClH/c1-2-23-20-31-30(32-21-23)34-18-14-24(15-19-34)22-36-28-12-10-26(11-13-28)25-6-8-27(9-7-25)29(35)33-16-4-3-5-17-33;/h6,10-13,20-21,24,27H,2-5,7-9,14-19,22H2,1H3;1H. The average Bonchev–Trinajstić information content (AvgIpc) is 2.97. The number of hydrogen-bond donors (Lipinski definition) is 0. The van der Waals surface area contributed by atoms with Crippen LogP contribution in [0.5, 0.6) is 5.75 Å². The fraction of sp³-hybridized carbons (Fsp3) is 0.567. The maximum Gasteiger partial charge on any atom is 0.226 e. The Hall–Kier alpha value is -2.60. The predicted molar refractivity (Wildman–Crippen MR) is 151 cm³/mol. The number of nitrogens with zero attached hydrogens (tertiary/aromatic N) is 4. The third-order valence-electron chi connectivity index (χ3n) is 8.14. The van der Waals surface area contributed by atoms with Gasteiger partial charge >= 0.3 is 0 Å². The summed E-state index contributed by atoms with van der Waals surface area (Å²) in [4.78, 5) is 26.3. The summed E-state index contributed by atoms with van der Waals surface area (Å²) in [5.74, 6) is 2.89. The fourth-order valence-corrected chi connectivity index (χ4v) is 5.67. The molecule has 1 aliphatic carbocycles. The normalized spacial score (nSPS) is 20.7. The van der Waals surface area contributed by atoms with Gasteiger partial charge in [0.25, 0.3) is 0 Å². The minimum Gasteiger partial charge on any atom is -0.493 e. The molecule has 1 atom stereocenters. The van der Waals surface area contributed by atoms with Crippen molar-refractivity contribution in [3.8, 4) is 5.75 Å². The Morgan fingerprint density at radius 1 is 0.973 bits per heavy atom. The van der Waals surface area contributed by atoms with Crippen molar-refractivity contribution >= 4 is 29.8 Å². The lowest BCUT2D eigenvalue weighted by molar-refractivity contribution is -0.136. The van der Waals surface area contributed by atoms with Gasteiger partial charge in [-0.2, -0.15) is 0 Å². The molecule has 2 aromatic rings. The summed E-state index contributed by atoms with van der Waals surface area (Å²) in [5.41, 5.74) is 3.81. The van der Waals surface area contributed by atoms with E-state index in [1.807, 2.05) is 12.4 Å². The number of hydrogen-bond acceptors (Lipinski definition) is 5. The summed E-state index contributed by atoms with van der Waals surface area (Å²) in [6, 6.07) is 8.54. The molecular formula is C30H41ClN4O2. The van der Waals surface area contributed by atoms with Gasteiger partial charge in [0.15, 0.2) is 0 Å². The molecule has 2 aliphatic heterocycles. The second-order valence-electron chi connectivity index (χ2n) is 10.6. The first-order valence-electron chi connectivity index (χ1n) is 14.0. The van der Waals surface area contributed by atoms with E-state index in [1.54, 1.807) is 0 Å². The number of ether oxygens (including phenoxy) is 1. The first kappa shape index (κ1) is 27.4. The Morgan fingerprint density at radius 2 is 1.68 bits per heavy atom. The second kappa shape index (κ2) is 13.3. The van der Waals surface area contributed by atoms with Crippen molar-refractivity contribution in [3.63, 3.8) is 0 Å². The third-order valence-corrected chi connectivity index (χ3v) is 8.14. The minimum atomic E-state index is 0. The van der Waals surface area contributed by atoms with Gasteiger partial charge < -0.3 is 14.5 Å². The molecule has 0 radical (unpaired) electrons. The molecular weight excluding hydrogens is 484 g/mol. The highest BCUT2D eigenvalue weighted by Crippen LogP contribution is 2.32. The number of rotatable bonds is 7. The number of allylic oxidation sites excluding steroid dienone is 2. The number of carbonyl (C=O) groups excluding carboxylic acids is 1. The number of halogens is 1. The van der Waals surface area contributed by atoms with E-state index < -0.39 is 0 Å². The molecule has 1 aromatic heterocycles. The van der Waals surface area contributed by atoms with Gasteiger partial charge in [-0.25, -0.2) is 9.97 Å². The molecule has 0 bridgehead atoms. The van der Waals surface area contributed by atoms with Gasteiger partial charge in [0.1, 0.15) is 5.75 Å². The molecule has 37 heavy (non-hydrogen) atoms. The zero-order chi connectivity index (χ0) is 24.7. The Kier molecular flexibility index (Phi) is 9.84. The maximum atomic E-state index is 12.8. The van der Waals surface area contributed by atoms with Crippen LogP contribution in [0, 0.1) is 11.8 Å². The average molecular weight is 525 g/mol. The van der Waals surface area contributed by atoms with Crippen molar-refractivity contribution < 1.29 is 9.53 Å². The summed E-state index contributed by atoms with van der Waals surface area (Å²) in [6.45, 7) is 6.74. The van der Waals surface area contributed by atoms with Crippen molar-refractivity contribution in [1.82, 2.24) is 14.9 Å². The van der Waals surface area contributed by atoms with Gasteiger partial charge in [0, 0.05) is 44.5 Å². The number of aryl methyl sites for hydroxylation is 1. The summed E-state index contributed by atoms with van der Waals surface area (Å²) in [7, 11) is 0. The molecule has 5 rings (SSSR count). The molecule has 200 valence electrons. The molecule has 3 heterocycles. The monoisotopic (exact) mass is 524 g/mol. The molecule has 2 fully saturated rings. The number of piperidine rings is 2. The Labute approximate surface area is 227 Å². The molecule has 7 heteroatoms. The molecule has 0 N–H and O–H groups in total. The highest BCUT2D eigenvalue weighted by Gasteiger charge is 2.27. The largest absolute Gasteiger partial charge is 0.493 e. The molecule has 0 saturated carbocycles. The van der Waals surface area contributed by atoms with Crippen molar-refractivity contribution in [2.24, 2.45) is 11.8 Å². The smallest absolute Gasteiger partial charge is 0.226 e. The maximum absolute atomic E-state index is 12.8. The van der Waals surface area contributed by atoms with Crippen molar-refractivity contribution in [2.75, 3.05) is 37.7 Å². The van der Waals surface area contributed by atoms with Crippen LogP contribution in [-0.4, -0.2) is 53.6 Å². The summed E-state index contributed by atoms with van der Waals surface area (Å²) < 4.78 is 6.16. The molecule has 3 aliphatic rings. The molecule has 1 aromatic carbocycles. The van der Waals surface area contributed by atoms with E-state index in [1.165, 1.54) is 23.1 Å². The van der Waals surface area contributed by atoms with Gasteiger partial charge in [0.05, 0.1) is 6.61 Å². The number of aromatic nitrogens is 2. The highest BCUT2D eigenvalue weighted by atomic mass is 35.5. The topological polar surface area (TPSA) is 58.6 Å². The third kappa shape index (κ3) is 7.04. The van der Waals surface area contributed by atoms with Crippen LogP contribution < -0.4 is 9.64 Å². The minimum absolute atomic E-state index is 0. The van der Waals surface area contributed by atoms with E-state index in [-0.39, 0.29) is 18.3 Å². The van der Waals surface area contributed by atoms with Crippen molar-refractivity contribution in [1.29, 1.82) is 0 Å². The SMILES string of the molecule is CCc1cnc(N2CCC(COc3ccc(C4=CCC(C(=O)N5CCCCC5)CC4)cc3)CC2)nc1.Cl. The lowest BCUT2D eigenvalue weighted by Crippen LogP contribution is -2.40. The van der Waals surface area contributed by atoms with Gasteiger partial charge in [-0.1, -0.05) is 25.1 Å². The van der Waals surface area contributed by atoms with E-state index in [9.17, 15) is 4.79 Å². The van der Waals surface area contributed by atoms with Crippen LogP contribution >= 0.6 is 12.4 Å². The van der Waals surface area contributed by atoms with Gasteiger partial charge in [-0.15, -0.1) is 12.4 Å². The lowest BCUT2D eigenvalue weighted by Gasteiger charge is -2.32. The number of amides is 1. The Balaban J connectivity index is 0.00000320. The van der Waals surface area contributed by atoms with Crippen LogP contribution in [0.2, 0.25) is 0 Å². The van der Waals surface area contributed by atoms with Crippen LogP contribution in [0.4, 0.5) is 5.95 Å². The van der Waals surface area contributed by atoms with Gasteiger partial charge in [0.2, 0.25) is 11.9 Å². The predicted octanol–water partition coefficient (Wildman–Crippen LogP) is 5.95. The van der Waals surface area contributed by atoms with E-state index in [4.69, 9.17) is 4.74 Å². The number of anilines is 1. The first-order valence-corrected chi connectivity index (χ1v) is 14.0. The highest BCUT2D eigenvalue weighted by molar-refractivity contribution is 5.85. The summed E-state index contributed by atoms with van der Waals surface area (Å²) >= 11 is 0. The van der Waals surface area contributed by atoms with Crippen LogP contribution in [-0.2, 0) is 11.2 Å². The molecule has 1 unspecified atom stereocenters. The van der Waals surface area contributed by atoms with E-state index in [2.05, 4.69) is 57.0 Å². The zero-order valence-corrected chi connectivity index (χ0v) is 22.9. The molecule has 6 nitrogen and oxygen atoms in total. The quantitative estimate of drug-likeness (QED) is 0.447.